The van der Waals surface area contributed by atoms with Crippen LogP contribution in [0.5, 0.6) is 17.2 Å². The zero-order chi connectivity index (χ0) is 22.8. The van der Waals surface area contributed by atoms with E-state index in [0.717, 1.165) is 5.56 Å². The van der Waals surface area contributed by atoms with Gasteiger partial charge in [0.05, 0.1) is 23.8 Å². The van der Waals surface area contributed by atoms with E-state index >= 15 is 0 Å². The first-order valence-corrected chi connectivity index (χ1v) is 11.6. The molecule has 170 valence electrons. The normalized spacial score (nSPS) is 18.8. The summed E-state index contributed by atoms with van der Waals surface area (Å²) in [6.07, 6.45) is 1.79. The molecule has 0 radical (unpaired) electrons. The van der Waals surface area contributed by atoms with Gasteiger partial charge in [0.2, 0.25) is 6.79 Å². The molecule has 3 aliphatic heterocycles. The minimum atomic E-state index is -0.194. The van der Waals surface area contributed by atoms with Gasteiger partial charge in [-0.15, -0.1) is 0 Å². The Morgan fingerprint density at radius 2 is 1.85 bits per heavy atom. The van der Waals surface area contributed by atoms with Gasteiger partial charge in [-0.2, -0.15) is 0 Å². The highest BCUT2D eigenvalue weighted by molar-refractivity contribution is 8.27. The van der Waals surface area contributed by atoms with Gasteiger partial charge in [0, 0.05) is 19.2 Å². The maximum Gasteiger partial charge on any atom is 0.270 e. The molecule has 2 fully saturated rings. The summed E-state index contributed by atoms with van der Waals surface area (Å²) in [5.41, 5.74) is 1.46. The molecule has 10 heteroatoms. The molecule has 3 aliphatic rings. The van der Waals surface area contributed by atoms with Crippen LogP contribution in [0.25, 0.3) is 6.08 Å². The van der Waals surface area contributed by atoms with Gasteiger partial charge in [0.1, 0.15) is 5.75 Å². The summed E-state index contributed by atoms with van der Waals surface area (Å²) < 4.78 is 22.1. The van der Waals surface area contributed by atoms with E-state index in [1.54, 1.807) is 41.3 Å². The van der Waals surface area contributed by atoms with E-state index < -0.39 is 0 Å². The number of benzene rings is 2. The standard InChI is InChI=1S/C23H20N2O6S2/c26-21(24-7-9-28-10-8-24)13-29-17-4-1-15(2-5-17)11-20-22(27)25(23(32)33-20)16-3-6-18-19(12-16)31-14-30-18/h1-6,11-12H,7-10,13-14H2/b20-11+. The number of hydrogen-bond donors (Lipinski definition) is 0. The van der Waals surface area contributed by atoms with E-state index in [1.807, 2.05) is 12.1 Å². The Morgan fingerprint density at radius 3 is 2.64 bits per heavy atom. The van der Waals surface area contributed by atoms with Crippen LogP contribution in [0, 0.1) is 0 Å². The number of hydrogen-bond acceptors (Lipinski definition) is 8. The first kappa shape index (κ1) is 21.7. The molecule has 2 amide bonds. The number of nitrogens with zero attached hydrogens (tertiary/aromatic N) is 2. The molecule has 0 aliphatic carbocycles. The molecule has 2 aromatic carbocycles. The predicted molar refractivity (Wildman–Crippen MR) is 128 cm³/mol. The van der Waals surface area contributed by atoms with Crippen molar-refractivity contribution in [1.29, 1.82) is 0 Å². The molecule has 0 bridgehead atoms. The lowest BCUT2D eigenvalue weighted by atomic mass is 10.2. The highest BCUT2D eigenvalue weighted by atomic mass is 32.2. The number of morpholine rings is 1. The zero-order valence-corrected chi connectivity index (χ0v) is 19.2. The number of carbonyl (C=O) groups excluding carboxylic acids is 2. The lowest BCUT2D eigenvalue weighted by molar-refractivity contribution is -0.137. The van der Waals surface area contributed by atoms with Crippen molar-refractivity contribution in [2.75, 3.05) is 44.6 Å². The largest absolute Gasteiger partial charge is 0.484 e. The molecule has 2 saturated heterocycles. The van der Waals surface area contributed by atoms with E-state index in [0.29, 0.717) is 58.5 Å². The highest BCUT2D eigenvalue weighted by Crippen LogP contribution is 2.40. The Hall–Kier alpha value is -3.08. The molecule has 0 atom stereocenters. The number of fused-ring (bicyclic) bond motifs is 1. The Bertz CT molecular complexity index is 1130. The van der Waals surface area contributed by atoms with Crippen LogP contribution >= 0.6 is 24.0 Å². The summed E-state index contributed by atoms with van der Waals surface area (Å²) >= 11 is 6.69. The summed E-state index contributed by atoms with van der Waals surface area (Å²) in [7, 11) is 0. The molecule has 8 nitrogen and oxygen atoms in total. The number of anilines is 1. The summed E-state index contributed by atoms with van der Waals surface area (Å²) in [4.78, 5) is 29.0. The van der Waals surface area contributed by atoms with Crippen molar-refractivity contribution in [3.8, 4) is 17.2 Å². The topological polar surface area (TPSA) is 77.5 Å². The molecule has 2 aromatic rings. The lowest BCUT2D eigenvalue weighted by Crippen LogP contribution is -2.42. The van der Waals surface area contributed by atoms with Crippen molar-refractivity contribution in [2.45, 2.75) is 0 Å². The second kappa shape index (κ2) is 9.42. The molecule has 0 unspecified atom stereocenters. The number of thioether (sulfide) groups is 1. The number of ether oxygens (including phenoxy) is 4. The van der Waals surface area contributed by atoms with E-state index in [-0.39, 0.29) is 25.2 Å². The lowest BCUT2D eigenvalue weighted by Gasteiger charge is -2.26. The molecule has 0 N–H and O–H groups in total. The van der Waals surface area contributed by atoms with E-state index in [1.165, 1.54) is 16.7 Å². The second-order valence-corrected chi connectivity index (χ2v) is 9.08. The van der Waals surface area contributed by atoms with Crippen molar-refractivity contribution in [3.05, 3.63) is 52.9 Å². The van der Waals surface area contributed by atoms with Crippen LogP contribution in [0.15, 0.2) is 47.4 Å². The van der Waals surface area contributed by atoms with Crippen molar-refractivity contribution in [1.82, 2.24) is 4.90 Å². The number of thiocarbonyl (C=S) groups is 1. The van der Waals surface area contributed by atoms with E-state index in [9.17, 15) is 9.59 Å². The second-order valence-electron chi connectivity index (χ2n) is 7.41. The third-order valence-electron chi connectivity index (χ3n) is 5.31. The maximum atomic E-state index is 13.0. The maximum absolute atomic E-state index is 13.0. The van der Waals surface area contributed by atoms with Crippen LogP contribution in [0.1, 0.15) is 5.56 Å². The van der Waals surface area contributed by atoms with Crippen molar-refractivity contribution in [2.24, 2.45) is 0 Å². The van der Waals surface area contributed by atoms with E-state index in [4.69, 9.17) is 31.2 Å². The van der Waals surface area contributed by atoms with Crippen LogP contribution in [-0.4, -0.2) is 60.7 Å². The minimum absolute atomic E-state index is 0.0203. The number of carbonyl (C=O) groups is 2. The summed E-state index contributed by atoms with van der Waals surface area (Å²) in [6, 6.07) is 12.5. The van der Waals surface area contributed by atoms with Crippen LogP contribution in [0.4, 0.5) is 5.69 Å². The Kier molecular flexibility index (Phi) is 6.21. The molecule has 5 rings (SSSR count). The average Bonchev–Trinajstić information content (AvgIpc) is 3.42. The van der Waals surface area contributed by atoms with Gasteiger partial charge in [0.15, 0.2) is 22.4 Å². The van der Waals surface area contributed by atoms with Crippen LogP contribution in [0.2, 0.25) is 0 Å². The van der Waals surface area contributed by atoms with E-state index in [2.05, 4.69) is 0 Å². The Balaban J connectivity index is 1.23. The quantitative estimate of drug-likeness (QED) is 0.474. The molecular formula is C23H20N2O6S2. The van der Waals surface area contributed by atoms with Gasteiger partial charge in [-0.05, 0) is 35.9 Å². The molecule has 3 heterocycles. The fourth-order valence-corrected chi connectivity index (χ4v) is 4.87. The monoisotopic (exact) mass is 484 g/mol. The van der Waals surface area contributed by atoms with Gasteiger partial charge in [-0.3, -0.25) is 14.5 Å². The third-order valence-corrected chi connectivity index (χ3v) is 6.61. The average molecular weight is 485 g/mol. The molecule has 33 heavy (non-hydrogen) atoms. The van der Waals surface area contributed by atoms with Crippen molar-refractivity contribution < 1.29 is 28.5 Å². The summed E-state index contributed by atoms with van der Waals surface area (Å²) in [5.74, 6) is 1.57. The predicted octanol–water partition coefficient (Wildman–Crippen LogP) is 3.06. The van der Waals surface area contributed by atoms with Crippen molar-refractivity contribution in [3.63, 3.8) is 0 Å². The fourth-order valence-electron chi connectivity index (χ4n) is 3.58. The molecular weight excluding hydrogens is 464 g/mol. The number of rotatable bonds is 5. The van der Waals surface area contributed by atoms with Gasteiger partial charge < -0.3 is 23.8 Å². The highest BCUT2D eigenvalue weighted by Gasteiger charge is 2.34. The van der Waals surface area contributed by atoms with Gasteiger partial charge in [-0.1, -0.05) is 36.1 Å². The number of amides is 2. The third kappa shape index (κ3) is 4.68. The fraction of sp³-hybridized carbons (Fsp3) is 0.261. The first-order chi connectivity index (χ1) is 16.1. The van der Waals surface area contributed by atoms with Crippen LogP contribution < -0.4 is 19.1 Å². The first-order valence-electron chi connectivity index (χ1n) is 10.3. The molecule has 0 spiro atoms. The Morgan fingerprint density at radius 1 is 1.09 bits per heavy atom. The van der Waals surface area contributed by atoms with Crippen molar-refractivity contribution >= 4 is 51.9 Å². The van der Waals surface area contributed by atoms with Gasteiger partial charge in [0.25, 0.3) is 11.8 Å². The zero-order valence-electron chi connectivity index (χ0n) is 17.5. The van der Waals surface area contributed by atoms with Crippen LogP contribution in [0.3, 0.4) is 0 Å². The Labute approximate surface area is 200 Å². The van der Waals surface area contributed by atoms with Gasteiger partial charge >= 0.3 is 0 Å². The molecule has 0 saturated carbocycles. The summed E-state index contributed by atoms with van der Waals surface area (Å²) in [5, 5.41) is 0. The summed E-state index contributed by atoms with van der Waals surface area (Å²) in [6.45, 7) is 2.44. The SMILES string of the molecule is O=C(COc1ccc(/C=C2/SC(=S)N(c3ccc4c(c3)OCO4)C2=O)cc1)N1CCOCC1. The minimum Gasteiger partial charge on any atom is -0.484 e. The smallest absolute Gasteiger partial charge is 0.270 e. The molecule has 0 aromatic heterocycles. The van der Waals surface area contributed by atoms with Gasteiger partial charge in [-0.25, -0.2) is 0 Å². The van der Waals surface area contributed by atoms with Crippen LogP contribution in [-0.2, 0) is 14.3 Å².